The highest BCUT2D eigenvalue weighted by Crippen LogP contribution is 2.27. The Kier molecular flexibility index (Phi) is 35.9. The third-order valence-electron chi connectivity index (χ3n) is 11.5. The summed E-state index contributed by atoms with van der Waals surface area (Å²) in [6, 6.07) is 12.6. The zero-order chi connectivity index (χ0) is 62.4. The van der Waals surface area contributed by atoms with Gasteiger partial charge in [0.05, 0.1) is 17.1 Å². The molecule has 1 saturated carbocycles. The molecule has 13 nitrogen and oxygen atoms in total. The Hall–Kier alpha value is -8.14. The van der Waals surface area contributed by atoms with Gasteiger partial charge >= 0.3 is 0 Å². The first-order valence-electron chi connectivity index (χ1n) is 27.7. The molecule has 10 rings (SSSR count). The maximum atomic E-state index is 12.5. The topological polar surface area (TPSA) is 168 Å². The standard InChI is InChI=1S/C8H16.3C7H8FN.2C7H9N.4C6H8N2/c1-7-3-5-8(2)6-4-7;3*1-5-3-7(8)6(2)9-4-5;2*1-6-3-4-7(2)8-5-6;4*1-5-3-7-6(2)8-4-5/h7-8H,3-6H2,1-2H3;3*3-4H,1-2H3;2*3-5H,1-2H3;4*3-4H,1-2H3. The minimum absolute atomic E-state index is 0.227. The van der Waals surface area contributed by atoms with E-state index >= 15 is 0 Å². The average Bonchev–Trinajstić information content (AvgIpc) is 3.45. The van der Waals surface area contributed by atoms with Crippen LogP contribution in [-0.4, -0.2) is 64.8 Å². The lowest BCUT2D eigenvalue weighted by molar-refractivity contribution is 0.308. The Balaban J connectivity index is 0.000000461. The van der Waals surface area contributed by atoms with Crippen LogP contribution in [0.5, 0.6) is 0 Å². The number of pyridine rings is 5. The Morgan fingerprint density at radius 2 is 0.446 bits per heavy atom. The maximum absolute atomic E-state index is 12.5. The van der Waals surface area contributed by atoms with Crippen molar-refractivity contribution in [1.82, 2.24) is 64.8 Å². The number of aryl methyl sites for hydroxylation is 18. The van der Waals surface area contributed by atoms with Crippen LogP contribution in [0.25, 0.3) is 0 Å². The van der Waals surface area contributed by atoms with Crippen molar-refractivity contribution in [2.24, 2.45) is 11.8 Å². The van der Waals surface area contributed by atoms with E-state index in [1.807, 2.05) is 178 Å². The first kappa shape index (κ1) is 72.9. The third-order valence-corrected chi connectivity index (χ3v) is 11.5. The predicted octanol–water partition coefficient (Wildman–Crippen LogP) is 16.1. The Labute approximate surface area is 494 Å². The normalized spacial score (nSPS) is 12.3. The molecule has 0 spiro atoms. The Morgan fingerprint density at radius 3 is 0.590 bits per heavy atom. The largest absolute Gasteiger partial charge is 0.261 e. The van der Waals surface area contributed by atoms with E-state index in [1.54, 1.807) is 39.4 Å². The average molecular weight is 1130 g/mol. The van der Waals surface area contributed by atoms with E-state index in [-0.39, 0.29) is 17.5 Å². The van der Waals surface area contributed by atoms with Crippen molar-refractivity contribution in [3.8, 4) is 0 Å². The highest BCUT2D eigenvalue weighted by molar-refractivity contribution is 5.16. The molecule has 9 aromatic rings. The van der Waals surface area contributed by atoms with Crippen molar-refractivity contribution in [1.29, 1.82) is 0 Å². The van der Waals surface area contributed by atoms with Crippen molar-refractivity contribution in [3.63, 3.8) is 0 Å². The summed E-state index contributed by atoms with van der Waals surface area (Å²) in [5, 5.41) is 0. The summed E-state index contributed by atoms with van der Waals surface area (Å²) in [6.07, 6.45) is 29.1. The van der Waals surface area contributed by atoms with E-state index in [1.165, 1.54) is 55.0 Å². The van der Waals surface area contributed by atoms with Gasteiger partial charge in [-0.3, -0.25) is 24.9 Å². The molecule has 9 heterocycles. The van der Waals surface area contributed by atoms with Crippen LogP contribution in [0.4, 0.5) is 13.2 Å². The van der Waals surface area contributed by atoms with E-state index in [0.29, 0.717) is 17.1 Å². The molecule has 0 N–H and O–H groups in total. The first-order chi connectivity index (χ1) is 39.1. The lowest BCUT2D eigenvalue weighted by Gasteiger charge is -2.22. The van der Waals surface area contributed by atoms with Gasteiger partial charge in [-0.2, -0.15) is 0 Å². The number of hydrogen-bond donors (Lipinski definition) is 0. The lowest BCUT2D eigenvalue weighted by atomic mass is 9.84. The second-order valence-corrected chi connectivity index (χ2v) is 20.8. The fraction of sp³-hybridized carbons (Fsp3) is 0.388. The van der Waals surface area contributed by atoms with Crippen molar-refractivity contribution in [3.05, 3.63) is 242 Å². The van der Waals surface area contributed by atoms with Gasteiger partial charge in [-0.05, 0) is 217 Å². The smallest absolute Gasteiger partial charge is 0.144 e. The van der Waals surface area contributed by atoms with Gasteiger partial charge in [0.1, 0.15) is 40.7 Å². The molecular weight excluding hydrogens is 1040 g/mol. The maximum Gasteiger partial charge on any atom is 0.144 e. The number of aromatic nitrogens is 13. The zero-order valence-electron chi connectivity index (χ0n) is 53.0. The second-order valence-electron chi connectivity index (χ2n) is 20.8. The summed E-state index contributed by atoms with van der Waals surface area (Å²) < 4.78 is 37.6. The van der Waals surface area contributed by atoms with Gasteiger partial charge in [-0.15, -0.1) is 0 Å². The molecule has 16 heteroatoms. The SMILES string of the molecule is CC1CCC(C)CC1.Cc1ccc(C)nc1.Cc1ccc(C)nc1.Cc1cnc(C)c(F)c1.Cc1cnc(C)c(F)c1.Cc1cnc(C)c(F)c1.Cc1cnc(C)nc1.Cc1cnc(C)nc1.Cc1cnc(C)nc1.Cc1cnc(C)nc1. The van der Waals surface area contributed by atoms with Gasteiger partial charge < -0.3 is 0 Å². The van der Waals surface area contributed by atoms with E-state index in [4.69, 9.17) is 0 Å². The van der Waals surface area contributed by atoms with Gasteiger partial charge in [-0.25, -0.2) is 53.0 Å². The van der Waals surface area contributed by atoms with E-state index < -0.39 is 0 Å². The second kappa shape index (κ2) is 40.9. The summed E-state index contributed by atoms with van der Waals surface area (Å²) in [7, 11) is 0. The minimum atomic E-state index is -0.227. The first-order valence-corrected chi connectivity index (χ1v) is 27.7. The Morgan fingerprint density at radius 1 is 0.253 bits per heavy atom. The number of rotatable bonds is 0. The van der Waals surface area contributed by atoms with E-state index in [2.05, 4.69) is 90.8 Å². The molecule has 0 amide bonds. The van der Waals surface area contributed by atoms with Crippen LogP contribution in [0.1, 0.15) is 141 Å². The predicted molar refractivity (Wildman–Crippen MR) is 331 cm³/mol. The van der Waals surface area contributed by atoms with Crippen molar-refractivity contribution < 1.29 is 13.2 Å². The minimum Gasteiger partial charge on any atom is -0.261 e. The van der Waals surface area contributed by atoms with E-state index in [9.17, 15) is 13.2 Å². The van der Waals surface area contributed by atoms with Crippen LogP contribution in [0, 0.1) is 154 Å². The summed E-state index contributed by atoms with van der Waals surface area (Å²) in [5.74, 6) is 4.68. The van der Waals surface area contributed by atoms with Crippen LogP contribution in [0.2, 0.25) is 0 Å². The molecule has 0 bridgehead atoms. The molecule has 0 saturated heterocycles. The molecule has 1 aliphatic carbocycles. The van der Waals surface area contributed by atoms with Crippen molar-refractivity contribution in [2.75, 3.05) is 0 Å². The van der Waals surface area contributed by atoms with Gasteiger partial charge in [0.15, 0.2) is 0 Å². The van der Waals surface area contributed by atoms with Crippen LogP contribution in [0.3, 0.4) is 0 Å². The molecule has 0 radical (unpaired) electrons. The molecule has 1 aliphatic rings. The highest BCUT2D eigenvalue weighted by Gasteiger charge is 2.13. The van der Waals surface area contributed by atoms with Crippen LogP contribution < -0.4 is 0 Å². The Bertz CT molecular complexity index is 2540. The molecule has 1 fully saturated rings. The lowest BCUT2D eigenvalue weighted by Crippen LogP contribution is -2.08. The van der Waals surface area contributed by atoms with Gasteiger partial charge in [0, 0.05) is 91.9 Å². The quantitative estimate of drug-likeness (QED) is 0.141. The van der Waals surface area contributed by atoms with Crippen molar-refractivity contribution >= 4 is 0 Å². The summed E-state index contributed by atoms with van der Waals surface area (Å²) in [5.41, 5.74) is 13.0. The zero-order valence-corrected chi connectivity index (χ0v) is 53.0. The van der Waals surface area contributed by atoms with Gasteiger partial charge in [-0.1, -0.05) is 51.7 Å². The summed E-state index contributed by atoms with van der Waals surface area (Å²) in [6.45, 7) is 38.5. The fourth-order valence-electron chi connectivity index (χ4n) is 6.14. The molecule has 0 atom stereocenters. The van der Waals surface area contributed by atoms with E-state index in [0.717, 1.165) is 85.5 Å². The highest BCUT2D eigenvalue weighted by atomic mass is 19.1. The van der Waals surface area contributed by atoms with Gasteiger partial charge in [0.25, 0.3) is 0 Å². The molecule has 444 valence electrons. The molecule has 0 aromatic carbocycles. The monoisotopic (exact) mass is 1130 g/mol. The third kappa shape index (κ3) is 37.5. The molecular formula is C67H90F3N13. The summed E-state index contributed by atoms with van der Waals surface area (Å²) >= 11 is 0. The van der Waals surface area contributed by atoms with Crippen LogP contribution >= 0.6 is 0 Å². The number of hydrogen-bond acceptors (Lipinski definition) is 13. The van der Waals surface area contributed by atoms with Crippen molar-refractivity contribution in [2.45, 2.75) is 164 Å². The van der Waals surface area contributed by atoms with Gasteiger partial charge in [0.2, 0.25) is 0 Å². The molecule has 0 unspecified atom stereocenters. The fourth-order valence-corrected chi connectivity index (χ4v) is 6.14. The molecule has 83 heavy (non-hydrogen) atoms. The van der Waals surface area contributed by atoms with Crippen LogP contribution in [-0.2, 0) is 0 Å². The molecule has 9 aromatic heterocycles. The summed E-state index contributed by atoms with van der Waals surface area (Å²) in [4.78, 5) is 51.3. The van der Waals surface area contributed by atoms with Crippen LogP contribution in [0.15, 0.2) is 123 Å². The number of halogens is 3. The number of nitrogens with zero attached hydrogens (tertiary/aromatic N) is 13. The molecule has 0 aliphatic heterocycles.